The Bertz CT molecular complexity index is 80.0. The van der Waals surface area contributed by atoms with E-state index in [1.54, 1.807) is 12.3 Å². The first-order valence-corrected chi connectivity index (χ1v) is 1.77. The van der Waals surface area contributed by atoms with Crippen LogP contribution in [0.2, 0.25) is 0 Å². The van der Waals surface area contributed by atoms with Crippen LogP contribution in [0.1, 0.15) is 0 Å². The van der Waals surface area contributed by atoms with Gasteiger partial charge in [0.05, 0.1) is 0 Å². The second-order valence-corrected chi connectivity index (χ2v) is 0.959. The van der Waals surface area contributed by atoms with Gasteiger partial charge in [0.25, 0.3) is 0 Å². The average molecular weight is 218 g/mol. The van der Waals surface area contributed by atoms with Crippen molar-refractivity contribution in [1.29, 1.82) is 0 Å². The molecule has 0 aliphatic rings. The molecule has 0 aliphatic carbocycles. The maximum absolute atomic E-state index is 3.66. The van der Waals surface area contributed by atoms with E-state index >= 15 is 0 Å². The van der Waals surface area contributed by atoms with Crippen LogP contribution < -0.4 is 0 Å². The molecule has 0 N–H and O–H groups in total. The molecule has 0 fully saturated rings. The number of aromatic nitrogens is 1. The summed E-state index contributed by atoms with van der Waals surface area (Å²) in [5.41, 5.74) is 0. The number of hydrogen-bond donors (Lipinski definition) is 0. The van der Waals surface area contributed by atoms with Crippen molar-refractivity contribution in [2.24, 2.45) is 0 Å². The minimum absolute atomic E-state index is 0. The maximum atomic E-state index is 3.66. The summed E-state index contributed by atoms with van der Waals surface area (Å²) >= 11 is 0. The molecule has 0 spiro atoms. The van der Waals surface area contributed by atoms with Gasteiger partial charge >= 0.3 is 0 Å². The first kappa shape index (κ1) is 7.53. The summed E-state index contributed by atoms with van der Waals surface area (Å²) in [6.07, 6.45) is 4.34. The molecule has 0 amide bonds. The monoisotopic (exact) mass is 218 g/mol. The third-order valence-electron chi connectivity index (χ3n) is 0.517. The van der Waals surface area contributed by atoms with E-state index in [-0.39, 0.29) is 41.7 Å². The zero-order valence-electron chi connectivity index (χ0n) is 3.76. The molecule has 0 aromatic carbocycles. The van der Waals surface area contributed by atoms with Gasteiger partial charge in [-0.05, 0) is 0 Å². The van der Waals surface area contributed by atoms with Crippen LogP contribution in [0.5, 0.6) is 0 Å². The van der Waals surface area contributed by atoms with Crippen LogP contribution in [-0.2, 0) is 0 Å². The quantitative estimate of drug-likeness (QED) is 0.589. The molecule has 1 aromatic rings. The first-order valence-electron chi connectivity index (χ1n) is 1.77. The van der Waals surface area contributed by atoms with Crippen LogP contribution >= 0.6 is 0 Å². The fourth-order valence-corrected chi connectivity index (χ4v) is 0.277. The van der Waals surface area contributed by atoms with Crippen molar-refractivity contribution in [3.63, 3.8) is 0 Å². The van der Waals surface area contributed by atoms with Crippen molar-refractivity contribution in [2.45, 2.75) is 0 Å². The SMILES string of the molecule is [Ce].[c-]1ccccn1. The zero-order chi connectivity index (χ0) is 4.24. The van der Waals surface area contributed by atoms with E-state index in [9.17, 15) is 0 Å². The van der Waals surface area contributed by atoms with E-state index in [1.165, 1.54) is 0 Å². The Morgan fingerprint density at radius 1 is 1.29 bits per heavy atom. The van der Waals surface area contributed by atoms with E-state index in [2.05, 4.69) is 11.2 Å². The van der Waals surface area contributed by atoms with Gasteiger partial charge in [-0.1, -0.05) is 12.4 Å². The van der Waals surface area contributed by atoms with Crippen molar-refractivity contribution in [1.82, 2.24) is 4.98 Å². The maximum Gasteiger partial charge on any atom is 0 e. The molecule has 0 unspecified atom stereocenters. The summed E-state index contributed by atoms with van der Waals surface area (Å²) in [6, 6.07) is 5.50. The van der Waals surface area contributed by atoms with E-state index in [0.717, 1.165) is 0 Å². The summed E-state index contributed by atoms with van der Waals surface area (Å²) in [5.74, 6) is 0. The van der Waals surface area contributed by atoms with E-state index < -0.39 is 0 Å². The topological polar surface area (TPSA) is 12.9 Å². The van der Waals surface area contributed by atoms with Gasteiger partial charge in [-0.3, -0.25) is 0 Å². The van der Waals surface area contributed by atoms with Gasteiger partial charge in [0.1, 0.15) is 0 Å². The summed E-state index contributed by atoms with van der Waals surface area (Å²) in [7, 11) is 0. The van der Waals surface area contributed by atoms with Crippen molar-refractivity contribution in [3.8, 4) is 0 Å². The number of nitrogens with zero attached hydrogens (tertiary/aromatic N) is 1. The van der Waals surface area contributed by atoms with Crippen molar-refractivity contribution < 1.29 is 41.7 Å². The van der Waals surface area contributed by atoms with Gasteiger partial charge in [-0.2, -0.15) is 18.2 Å². The van der Waals surface area contributed by atoms with Crippen molar-refractivity contribution in [2.75, 3.05) is 0 Å². The molecule has 1 aromatic heterocycles. The number of hydrogen-bond acceptors (Lipinski definition) is 1. The van der Waals surface area contributed by atoms with E-state index in [4.69, 9.17) is 0 Å². The second kappa shape index (κ2) is 4.68. The zero-order valence-corrected chi connectivity index (χ0v) is 6.90. The van der Waals surface area contributed by atoms with Crippen molar-refractivity contribution >= 4 is 0 Å². The number of rotatable bonds is 0. The smallest absolute Gasteiger partial charge is 0 e. The normalized spacial score (nSPS) is 6.86. The van der Waals surface area contributed by atoms with Crippen LogP contribution in [-0.4, -0.2) is 4.98 Å². The Kier molecular flexibility index (Phi) is 5.03. The summed E-state index contributed by atoms with van der Waals surface area (Å²) in [5, 5.41) is 0. The minimum atomic E-state index is 0. The Hall–Kier alpha value is 0.527. The van der Waals surface area contributed by atoms with Gasteiger partial charge in [0.2, 0.25) is 0 Å². The molecule has 34 valence electrons. The summed E-state index contributed by atoms with van der Waals surface area (Å²) < 4.78 is 0. The molecule has 0 radical (unpaired) electrons. The largest absolute Gasteiger partial charge is 0.394 e. The molecule has 1 rings (SSSR count). The fourth-order valence-electron chi connectivity index (χ4n) is 0.277. The Morgan fingerprint density at radius 3 is 2.29 bits per heavy atom. The van der Waals surface area contributed by atoms with Crippen molar-refractivity contribution in [3.05, 3.63) is 30.6 Å². The predicted octanol–water partition coefficient (Wildman–Crippen LogP) is 0.882. The molecule has 0 aliphatic heterocycles. The molecule has 0 atom stereocenters. The van der Waals surface area contributed by atoms with Crippen LogP contribution in [0.25, 0.3) is 0 Å². The van der Waals surface area contributed by atoms with Gasteiger partial charge < -0.3 is 4.98 Å². The molecule has 0 saturated heterocycles. The predicted molar refractivity (Wildman–Crippen MR) is 23.1 cm³/mol. The Morgan fingerprint density at radius 2 is 2.14 bits per heavy atom. The molecule has 1 heterocycles. The van der Waals surface area contributed by atoms with Crippen LogP contribution in [0, 0.1) is 47.9 Å². The molecular formula is C5H4CeN-. The molecule has 0 saturated carbocycles. The van der Waals surface area contributed by atoms with Gasteiger partial charge in [0.15, 0.2) is 0 Å². The van der Waals surface area contributed by atoms with Gasteiger partial charge in [0, 0.05) is 41.7 Å². The van der Waals surface area contributed by atoms with Crippen LogP contribution in [0.4, 0.5) is 0 Å². The van der Waals surface area contributed by atoms with E-state index in [1.807, 2.05) is 12.1 Å². The number of pyridine rings is 1. The molecule has 1 nitrogen and oxygen atoms in total. The Labute approximate surface area is 76.5 Å². The summed E-state index contributed by atoms with van der Waals surface area (Å²) in [6.45, 7) is 0. The third kappa shape index (κ3) is 3.14. The van der Waals surface area contributed by atoms with Crippen LogP contribution in [0.3, 0.4) is 0 Å². The summed E-state index contributed by atoms with van der Waals surface area (Å²) in [4.78, 5) is 3.66. The Balaban J connectivity index is 0.000000360. The molecular weight excluding hydrogens is 214 g/mol. The molecule has 2 heteroatoms. The third-order valence-corrected chi connectivity index (χ3v) is 0.517. The second-order valence-electron chi connectivity index (χ2n) is 0.959. The molecule has 7 heavy (non-hydrogen) atoms. The van der Waals surface area contributed by atoms with Crippen LogP contribution in [0.15, 0.2) is 24.4 Å². The fraction of sp³-hybridized carbons (Fsp3) is 0. The van der Waals surface area contributed by atoms with Gasteiger partial charge in [-0.15, -0.1) is 0 Å². The first-order chi connectivity index (χ1) is 3.00. The minimum Gasteiger partial charge on any atom is -0.394 e. The molecule has 0 bridgehead atoms. The standard InChI is InChI=1S/C5H4N.Ce/c1-2-4-6-5-3-1;/h1-4H;/q-1;. The average Bonchev–Trinajstić information content (AvgIpc) is 1.72. The van der Waals surface area contributed by atoms with E-state index in [0.29, 0.717) is 0 Å². The van der Waals surface area contributed by atoms with Gasteiger partial charge in [-0.25, -0.2) is 0 Å².